The van der Waals surface area contributed by atoms with E-state index in [0.29, 0.717) is 22.6 Å². The highest BCUT2D eigenvalue weighted by Gasteiger charge is 2.20. The van der Waals surface area contributed by atoms with E-state index in [0.717, 1.165) is 6.42 Å². The van der Waals surface area contributed by atoms with Crippen molar-refractivity contribution >= 4 is 28.6 Å². The number of carbonyl (C=O) groups excluding carboxylic acids is 1. The lowest BCUT2D eigenvalue weighted by Crippen LogP contribution is -2.32. The minimum absolute atomic E-state index is 0.0311. The first kappa shape index (κ1) is 17.5. The number of benzene rings is 1. The number of fused-ring (bicyclic) bond motifs is 1. The van der Waals surface area contributed by atoms with E-state index in [-0.39, 0.29) is 22.8 Å². The first-order valence-corrected chi connectivity index (χ1v) is 8.83. The molecule has 124 valence electrons. The molecule has 1 N–H and O–H groups in total. The largest absolute Gasteiger partial charge is 0.355 e. The van der Waals surface area contributed by atoms with Crippen molar-refractivity contribution in [1.29, 1.82) is 0 Å². The average molecular weight is 333 g/mol. The first-order chi connectivity index (χ1) is 11.0. The molecular weight excluding hydrogens is 310 g/mol. The van der Waals surface area contributed by atoms with Crippen molar-refractivity contribution in [3.05, 3.63) is 34.6 Å². The quantitative estimate of drug-likeness (QED) is 0.652. The normalized spacial score (nSPS) is 13.7. The first-order valence-electron chi connectivity index (χ1n) is 7.95. The summed E-state index contributed by atoms with van der Waals surface area (Å²) in [7, 11) is 0. The molecule has 0 aliphatic rings. The molecule has 2 atom stereocenters. The summed E-state index contributed by atoms with van der Waals surface area (Å²) in [6.45, 7) is 8.34. The maximum absolute atomic E-state index is 12.8. The molecule has 1 heterocycles. The predicted molar refractivity (Wildman–Crippen MR) is 95.0 cm³/mol. The Labute approximate surface area is 140 Å². The van der Waals surface area contributed by atoms with Crippen molar-refractivity contribution in [2.24, 2.45) is 0 Å². The summed E-state index contributed by atoms with van der Waals surface area (Å²) in [4.78, 5) is 29.5. The van der Waals surface area contributed by atoms with Gasteiger partial charge in [-0.05, 0) is 39.3 Å². The predicted octanol–water partition coefficient (Wildman–Crippen LogP) is 2.98. The Bertz CT molecular complexity index is 757. The Kier molecular flexibility index (Phi) is 5.82. The Balaban J connectivity index is 2.52. The number of thioether (sulfide) groups is 1. The molecule has 0 unspecified atom stereocenters. The number of rotatable bonds is 6. The molecule has 1 aromatic carbocycles. The molecule has 0 spiro atoms. The van der Waals surface area contributed by atoms with Gasteiger partial charge in [0.25, 0.3) is 5.56 Å². The monoisotopic (exact) mass is 333 g/mol. The molecule has 0 radical (unpaired) electrons. The van der Waals surface area contributed by atoms with Crippen molar-refractivity contribution in [2.75, 3.05) is 6.54 Å². The van der Waals surface area contributed by atoms with Crippen LogP contribution in [0.25, 0.3) is 10.9 Å². The number of para-hydroxylation sites is 1. The Morgan fingerprint density at radius 3 is 2.65 bits per heavy atom. The van der Waals surface area contributed by atoms with Gasteiger partial charge in [-0.15, -0.1) is 0 Å². The van der Waals surface area contributed by atoms with Crippen LogP contribution in [0.15, 0.2) is 34.2 Å². The van der Waals surface area contributed by atoms with E-state index >= 15 is 0 Å². The summed E-state index contributed by atoms with van der Waals surface area (Å²) in [6, 6.07) is 7.37. The van der Waals surface area contributed by atoms with E-state index in [9.17, 15) is 9.59 Å². The van der Waals surface area contributed by atoms with Crippen molar-refractivity contribution in [1.82, 2.24) is 14.9 Å². The van der Waals surface area contributed by atoms with Gasteiger partial charge in [0.1, 0.15) is 0 Å². The Hall–Kier alpha value is -1.82. The zero-order chi connectivity index (χ0) is 17.0. The Morgan fingerprint density at radius 2 is 2.00 bits per heavy atom. The number of aromatic nitrogens is 2. The lowest BCUT2D eigenvalue weighted by molar-refractivity contribution is -0.120. The molecule has 1 aromatic heterocycles. The van der Waals surface area contributed by atoms with Crippen LogP contribution >= 0.6 is 11.8 Å². The number of nitrogens with zero attached hydrogens (tertiary/aromatic N) is 2. The van der Waals surface area contributed by atoms with Crippen LogP contribution in [0.5, 0.6) is 0 Å². The third-order valence-corrected chi connectivity index (χ3v) is 4.88. The zero-order valence-corrected chi connectivity index (χ0v) is 14.8. The van der Waals surface area contributed by atoms with Crippen LogP contribution in [0, 0.1) is 0 Å². The average Bonchev–Trinajstić information content (AvgIpc) is 2.54. The molecule has 1 amide bonds. The highest BCUT2D eigenvalue weighted by atomic mass is 32.2. The van der Waals surface area contributed by atoms with Crippen LogP contribution in [0.4, 0.5) is 0 Å². The third-order valence-electron chi connectivity index (χ3n) is 3.81. The van der Waals surface area contributed by atoms with Gasteiger partial charge in [0.15, 0.2) is 5.16 Å². The van der Waals surface area contributed by atoms with E-state index in [2.05, 4.69) is 10.3 Å². The maximum Gasteiger partial charge on any atom is 0.262 e. The molecule has 0 aliphatic heterocycles. The topological polar surface area (TPSA) is 64.0 Å². The lowest BCUT2D eigenvalue weighted by Gasteiger charge is -2.20. The van der Waals surface area contributed by atoms with Crippen molar-refractivity contribution < 1.29 is 4.79 Å². The van der Waals surface area contributed by atoms with Gasteiger partial charge in [-0.3, -0.25) is 14.2 Å². The molecule has 5 nitrogen and oxygen atoms in total. The smallest absolute Gasteiger partial charge is 0.262 e. The molecule has 0 fully saturated rings. The molecule has 2 rings (SSSR count). The fourth-order valence-electron chi connectivity index (χ4n) is 2.31. The second kappa shape index (κ2) is 7.64. The number of carbonyl (C=O) groups is 1. The number of hydrogen-bond acceptors (Lipinski definition) is 4. The molecular formula is C17H23N3O2S. The second-order valence-corrected chi connectivity index (χ2v) is 6.81. The minimum Gasteiger partial charge on any atom is -0.355 e. The summed E-state index contributed by atoms with van der Waals surface area (Å²) in [5, 5.41) is 3.71. The van der Waals surface area contributed by atoms with E-state index in [1.165, 1.54) is 11.8 Å². The summed E-state index contributed by atoms with van der Waals surface area (Å²) < 4.78 is 1.71. The third kappa shape index (κ3) is 3.75. The zero-order valence-electron chi connectivity index (χ0n) is 14.0. The number of nitrogens with one attached hydrogen (secondary N) is 1. The fourth-order valence-corrected chi connectivity index (χ4v) is 3.34. The van der Waals surface area contributed by atoms with Gasteiger partial charge in [0.05, 0.1) is 16.2 Å². The second-order valence-electron chi connectivity index (χ2n) is 5.50. The van der Waals surface area contributed by atoms with Crippen LogP contribution in [0.2, 0.25) is 0 Å². The van der Waals surface area contributed by atoms with Crippen LogP contribution in [0.1, 0.15) is 40.2 Å². The van der Waals surface area contributed by atoms with Crippen molar-refractivity contribution in [3.8, 4) is 0 Å². The SMILES string of the molecule is CCNC(=O)[C@H](C)Sc1nc2ccccc2c(=O)n1[C@H](C)CC. The van der Waals surface area contributed by atoms with Crippen LogP contribution in [0.3, 0.4) is 0 Å². The molecule has 6 heteroatoms. The van der Waals surface area contributed by atoms with Gasteiger partial charge >= 0.3 is 0 Å². The van der Waals surface area contributed by atoms with E-state index in [4.69, 9.17) is 0 Å². The standard InChI is InChI=1S/C17H23N3O2S/c1-5-11(3)20-16(22)13-9-7-8-10-14(13)19-17(20)23-12(4)15(21)18-6-2/h7-12H,5-6H2,1-4H3,(H,18,21)/t11-,12+/m1/s1. The number of amides is 1. The van der Waals surface area contributed by atoms with Gasteiger partial charge in [0, 0.05) is 12.6 Å². The Morgan fingerprint density at radius 1 is 1.30 bits per heavy atom. The van der Waals surface area contributed by atoms with Crippen molar-refractivity contribution in [2.45, 2.75) is 50.6 Å². The van der Waals surface area contributed by atoms with Gasteiger partial charge in [-0.1, -0.05) is 30.8 Å². The molecule has 23 heavy (non-hydrogen) atoms. The summed E-state index contributed by atoms with van der Waals surface area (Å²) in [5.74, 6) is -0.0457. The summed E-state index contributed by atoms with van der Waals surface area (Å²) in [5.41, 5.74) is 0.623. The van der Waals surface area contributed by atoms with Crippen molar-refractivity contribution in [3.63, 3.8) is 0 Å². The van der Waals surface area contributed by atoms with E-state index in [1.54, 1.807) is 10.6 Å². The lowest BCUT2D eigenvalue weighted by atomic mass is 10.2. The molecule has 0 saturated heterocycles. The fraction of sp³-hybridized carbons (Fsp3) is 0.471. The maximum atomic E-state index is 12.8. The number of hydrogen-bond donors (Lipinski definition) is 1. The van der Waals surface area contributed by atoms with E-state index < -0.39 is 0 Å². The van der Waals surface area contributed by atoms with Crippen LogP contribution in [-0.2, 0) is 4.79 Å². The van der Waals surface area contributed by atoms with Gasteiger partial charge in [-0.25, -0.2) is 4.98 Å². The van der Waals surface area contributed by atoms with Gasteiger partial charge in [-0.2, -0.15) is 0 Å². The molecule has 0 saturated carbocycles. The molecule has 0 bridgehead atoms. The minimum atomic E-state index is -0.307. The summed E-state index contributed by atoms with van der Waals surface area (Å²) in [6.07, 6.45) is 0.822. The highest BCUT2D eigenvalue weighted by Crippen LogP contribution is 2.25. The molecule has 2 aromatic rings. The van der Waals surface area contributed by atoms with Gasteiger partial charge in [0.2, 0.25) is 5.91 Å². The summed E-state index contributed by atoms with van der Waals surface area (Å²) >= 11 is 1.33. The van der Waals surface area contributed by atoms with Gasteiger partial charge < -0.3 is 5.32 Å². The van der Waals surface area contributed by atoms with Crippen LogP contribution < -0.4 is 10.9 Å². The van der Waals surface area contributed by atoms with Crippen LogP contribution in [-0.4, -0.2) is 27.3 Å². The molecule has 0 aliphatic carbocycles. The highest BCUT2D eigenvalue weighted by molar-refractivity contribution is 8.00. The van der Waals surface area contributed by atoms with E-state index in [1.807, 2.05) is 45.9 Å².